The van der Waals surface area contributed by atoms with Crippen LogP contribution in [0.5, 0.6) is 0 Å². The summed E-state index contributed by atoms with van der Waals surface area (Å²) in [5.74, 6) is -1.47. The third-order valence-corrected chi connectivity index (χ3v) is 3.54. The highest BCUT2D eigenvalue weighted by molar-refractivity contribution is 6.31. The molecular formula is C16H15ClFNO2. The number of halogens is 2. The highest BCUT2D eigenvalue weighted by Gasteiger charge is 2.20. The van der Waals surface area contributed by atoms with Gasteiger partial charge in [-0.1, -0.05) is 23.7 Å². The smallest absolute Gasteiger partial charge is 0.330 e. The van der Waals surface area contributed by atoms with Crippen molar-refractivity contribution in [1.29, 1.82) is 0 Å². The van der Waals surface area contributed by atoms with E-state index in [1.807, 2.05) is 6.92 Å². The maximum absolute atomic E-state index is 13.4. The molecule has 0 bridgehead atoms. The Labute approximate surface area is 127 Å². The van der Waals surface area contributed by atoms with Crippen LogP contribution in [0.25, 0.3) is 0 Å². The summed E-state index contributed by atoms with van der Waals surface area (Å²) < 4.78 is 13.4. The summed E-state index contributed by atoms with van der Waals surface area (Å²) in [6, 6.07) is 8.39. The van der Waals surface area contributed by atoms with E-state index >= 15 is 0 Å². The highest BCUT2D eigenvalue weighted by atomic mass is 35.5. The standard InChI is InChI=1S/C16H15ClFNO2/c1-9-5-12(18)8-13(6-9)19-15(16(20)21)11-4-3-10(2)14(17)7-11/h3-8,15,19H,1-2H3,(H,20,21). The summed E-state index contributed by atoms with van der Waals surface area (Å²) >= 11 is 6.04. The van der Waals surface area contributed by atoms with Crippen LogP contribution in [-0.2, 0) is 4.79 Å². The number of hydrogen-bond acceptors (Lipinski definition) is 2. The molecule has 2 rings (SSSR count). The molecule has 21 heavy (non-hydrogen) atoms. The molecule has 0 fully saturated rings. The lowest BCUT2D eigenvalue weighted by Gasteiger charge is -2.17. The van der Waals surface area contributed by atoms with Gasteiger partial charge < -0.3 is 10.4 Å². The Hall–Kier alpha value is -2.07. The topological polar surface area (TPSA) is 49.3 Å². The van der Waals surface area contributed by atoms with Crippen molar-refractivity contribution in [1.82, 2.24) is 0 Å². The molecule has 3 nitrogen and oxygen atoms in total. The number of carboxylic acid groups (broad SMARTS) is 1. The summed E-state index contributed by atoms with van der Waals surface area (Å²) in [7, 11) is 0. The van der Waals surface area contributed by atoms with Crippen molar-refractivity contribution < 1.29 is 14.3 Å². The fourth-order valence-corrected chi connectivity index (χ4v) is 2.25. The fourth-order valence-electron chi connectivity index (χ4n) is 2.06. The lowest BCUT2D eigenvalue weighted by Crippen LogP contribution is -2.20. The molecule has 2 aromatic rings. The van der Waals surface area contributed by atoms with Gasteiger partial charge in [-0.15, -0.1) is 0 Å². The molecule has 0 saturated carbocycles. The third-order valence-electron chi connectivity index (χ3n) is 3.13. The first-order chi connectivity index (χ1) is 9.86. The first kappa shape index (κ1) is 15.3. The van der Waals surface area contributed by atoms with E-state index in [4.69, 9.17) is 11.6 Å². The molecule has 0 spiro atoms. The molecule has 5 heteroatoms. The monoisotopic (exact) mass is 307 g/mol. The minimum absolute atomic E-state index is 0.413. The molecule has 0 saturated heterocycles. The second kappa shape index (κ2) is 6.14. The molecule has 1 atom stereocenters. The zero-order valence-electron chi connectivity index (χ0n) is 11.7. The molecule has 0 heterocycles. The van der Waals surface area contributed by atoms with Gasteiger partial charge in [-0.25, -0.2) is 9.18 Å². The van der Waals surface area contributed by atoms with Crippen molar-refractivity contribution in [3.8, 4) is 0 Å². The van der Waals surface area contributed by atoms with Crippen molar-refractivity contribution in [2.45, 2.75) is 19.9 Å². The Kier molecular flexibility index (Phi) is 4.48. The second-order valence-electron chi connectivity index (χ2n) is 4.94. The van der Waals surface area contributed by atoms with Crippen molar-refractivity contribution in [2.75, 3.05) is 5.32 Å². The summed E-state index contributed by atoms with van der Waals surface area (Å²) in [6.45, 7) is 3.58. The van der Waals surface area contributed by atoms with Crippen molar-refractivity contribution in [3.05, 3.63) is 63.9 Å². The number of carbonyl (C=O) groups is 1. The third kappa shape index (κ3) is 3.73. The number of aliphatic carboxylic acids is 1. The van der Waals surface area contributed by atoms with E-state index in [1.54, 1.807) is 31.2 Å². The molecule has 0 aliphatic rings. The van der Waals surface area contributed by atoms with Gasteiger partial charge in [0.25, 0.3) is 0 Å². The lowest BCUT2D eigenvalue weighted by molar-refractivity contribution is -0.138. The number of benzene rings is 2. The average Bonchev–Trinajstić information content (AvgIpc) is 2.38. The molecule has 2 aromatic carbocycles. The van der Waals surface area contributed by atoms with Gasteiger partial charge in [-0.2, -0.15) is 0 Å². The maximum Gasteiger partial charge on any atom is 0.330 e. The molecule has 1 unspecified atom stereocenters. The van der Waals surface area contributed by atoms with Crippen molar-refractivity contribution in [3.63, 3.8) is 0 Å². The SMILES string of the molecule is Cc1cc(F)cc(NC(C(=O)O)c2ccc(C)c(Cl)c2)c1. The van der Waals surface area contributed by atoms with Gasteiger partial charge >= 0.3 is 5.97 Å². The van der Waals surface area contributed by atoms with E-state index in [2.05, 4.69) is 5.32 Å². The molecule has 110 valence electrons. The molecule has 0 amide bonds. The maximum atomic E-state index is 13.4. The van der Waals surface area contributed by atoms with Crippen molar-refractivity contribution >= 4 is 23.3 Å². The summed E-state index contributed by atoms with van der Waals surface area (Å²) in [5.41, 5.74) is 2.51. The van der Waals surface area contributed by atoms with E-state index in [1.165, 1.54) is 12.1 Å². The predicted octanol–water partition coefficient (Wildman–Crippen LogP) is 4.33. The van der Waals surface area contributed by atoms with E-state index in [0.29, 0.717) is 21.8 Å². The number of hydrogen-bond donors (Lipinski definition) is 2. The van der Waals surface area contributed by atoms with Crippen LogP contribution in [0.4, 0.5) is 10.1 Å². The predicted molar refractivity (Wildman–Crippen MR) is 81.3 cm³/mol. The van der Waals surface area contributed by atoms with E-state index in [-0.39, 0.29) is 0 Å². The van der Waals surface area contributed by atoms with Crippen LogP contribution < -0.4 is 5.32 Å². The Morgan fingerprint density at radius 1 is 1.24 bits per heavy atom. The highest BCUT2D eigenvalue weighted by Crippen LogP contribution is 2.25. The van der Waals surface area contributed by atoms with Gasteiger partial charge in [0.15, 0.2) is 6.04 Å². The van der Waals surface area contributed by atoms with Crippen LogP contribution in [-0.4, -0.2) is 11.1 Å². The van der Waals surface area contributed by atoms with Gasteiger partial charge in [0.1, 0.15) is 5.82 Å². The zero-order valence-corrected chi connectivity index (χ0v) is 12.4. The number of rotatable bonds is 4. The fraction of sp³-hybridized carbons (Fsp3) is 0.188. The average molecular weight is 308 g/mol. The molecular weight excluding hydrogens is 293 g/mol. The number of aryl methyl sites for hydroxylation is 2. The number of anilines is 1. The van der Waals surface area contributed by atoms with Crippen LogP contribution >= 0.6 is 11.6 Å². The summed E-state index contributed by atoms with van der Waals surface area (Å²) in [4.78, 5) is 11.5. The van der Waals surface area contributed by atoms with Gasteiger partial charge in [-0.05, 0) is 54.8 Å². The Balaban J connectivity index is 2.35. The van der Waals surface area contributed by atoms with Crippen LogP contribution in [0.1, 0.15) is 22.7 Å². The van der Waals surface area contributed by atoms with Crippen LogP contribution in [0.2, 0.25) is 5.02 Å². The minimum atomic E-state index is -1.06. The van der Waals surface area contributed by atoms with Gasteiger partial charge in [-0.3, -0.25) is 0 Å². The minimum Gasteiger partial charge on any atom is -0.479 e. The van der Waals surface area contributed by atoms with Gasteiger partial charge in [0.2, 0.25) is 0 Å². The van der Waals surface area contributed by atoms with Gasteiger partial charge in [0.05, 0.1) is 0 Å². The van der Waals surface area contributed by atoms with Crippen LogP contribution in [0.3, 0.4) is 0 Å². The van der Waals surface area contributed by atoms with E-state index in [0.717, 1.165) is 5.56 Å². The molecule has 0 radical (unpaired) electrons. The van der Waals surface area contributed by atoms with Crippen LogP contribution in [0.15, 0.2) is 36.4 Å². The Morgan fingerprint density at radius 3 is 2.52 bits per heavy atom. The number of carboxylic acids is 1. The molecule has 0 aliphatic carbocycles. The first-order valence-electron chi connectivity index (χ1n) is 6.39. The molecule has 2 N–H and O–H groups in total. The second-order valence-corrected chi connectivity index (χ2v) is 5.35. The number of nitrogens with one attached hydrogen (secondary N) is 1. The van der Waals surface area contributed by atoms with E-state index in [9.17, 15) is 14.3 Å². The Bertz CT molecular complexity index is 668. The normalized spacial score (nSPS) is 12.0. The summed E-state index contributed by atoms with van der Waals surface area (Å²) in [5, 5.41) is 12.7. The van der Waals surface area contributed by atoms with Gasteiger partial charge in [0, 0.05) is 10.7 Å². The zero-order chi connectivity index (χ0) is 15.6. The summed E-state index contributed by atoms with van der Waals surface area (Å²) in [6.07, 6.45) is 0. The van der Waals surface area contributed by atoms with E-state index < -0.39 is 17.8 Å². The quantitative estimate of drug-likeness (QED) is 0.883. The largest absolute Gasteiger partial charge is 0.479 e. The van der Waals surface area contributed by atoms with Crippen molar-refractivity contribution in [2.24, 2.45) is 0 Å². The molecule has 0 aliphatic heterocycles. The molecule has 0 aromatic heterocycles. The van der Waals surface area contributed by atoms with Crippen LogP contribution in [0, 0.1) is 19.7 Å². The lowest BCUT2D eigenvalue weighted by atomic mass is 10.0. The first-order valence-corrected chi connectivity index (χ1v) is 6.77. The Morgan fingerprint density at radius 2 is 1.95 bits per heavy atom.